The maximum atomic E-state index is 5.14. The van der Waals surface area contributed by atoms with Crippen molar-refractivity contribution in [3.63, 3.8) is 0 Å². The second kappa shape index (κ2) is 8.65. The molecule has 0 unspecified atom stereocenters. The van der Waals surface area contributed by atoms with Crippen LogP contribution >= 0.6 is 0 Å². The van der Waals surface area contributed by atoms with Gasteiger partial charge in [0.25, 0.3) is 0 Å². The normalized spacial score (nSPS) is 11.2. The van der Waals surface area contributed by atoms with Gasteiger partial charge in [-0.1, -0.05) is 95.8 Å². The van der Waals surface area contributed by atoms with Crippen molar-refractivity contribution in [2.75, 3.05) is 0 Å². The Hall–Kier alpha value is -4.01. The van der Waals surface area contributed by atoms with E-state index < -0.39 is 0 Å². The van der Waals surface area contributed by atoms with Crippen molar-refractivity contribution < 1.29 is 21.1 Å². The fourth-order valence-electron chi connectivity index (χ4n) is 4.63. The average Bonchev–Trinajstić information content (AvgIpc) is 3.47. The predicted molar refractivity (Wildman–Crippen MR) is 137 cm³/mol. The molecule has 0 aliphatic rings. The smallest absolute Gasteiger partial charge is 0.435 e. The number of aromatic nitrogens is 4. The Labute approximate surface area is 216 Å². The molecule has 0 bridgehead atoms. The monoisotopic (exact) mass is 629 g/mol. The largest absolute Gasteiger partial charge is 2.00 e. The molecule has 168 valence electrons. The third-order valence-electron chi connectivity index (χ3n) is 6.22. The van der Waals surface area contributed by atoms with Gasteiger partial charge in [-0.3, -0.25) is 9.97 Å². The van der Waals surface area contributed by atoms with E-state index in [0.717, 1.165) is 61.2 Å². The average molecular weight is 630 g/mol. The molecule has 3 aromatic carbocycles. The first-order chi connectivity index (χ1) is 16.8. The molecule has 0 N–H and O–H groups in total. The molecule has 35 heavy (non-hydrogen) atoms. The zero-order valence-corrected chi connectivity index (χ0v) is 20.8. The molecule has 5 heteroatoms. The third kappa shape index (κ3) is 3.58. The summed E-state index contributed by atoms with van der Waals surface area (Å²) in [6, 6.07) is 38.5. The quantitative estimate of drug-likeness (QED) is 0.202. The minimum Gasteiger partial charge on any atom is -0.435 e. The van der Waals surface area contributed by atoms with E-state index in [9.17, 15) is 0 Å². The Balaban J connectivity index is 0.00000229. The molecule has 7 aromatic rings. The van der Waals surface area contributed by atoms with Crippen LogP contribution in [0.5, 0.6) is 0 Å². The van der Waals surface area contributed by atoms with Gasteiger partial charge < -0.3 is 9.55 Å². The Morgan fingerprint density at radius 2 is 1.49 bits per heavy atom. The summed E-state index contributed by atoms with van der Waals surface area (Å²) in [5.41, 5.74) is 6.61. The van der Waals surface area contributed by atoms with E-state index in [1.807, 2.05) is 54.6 Å². The summed E-state index contributed by atoms with van der Waals surface area (Å²) in [7, 11) is 0. The van der Waals surface area contributed by atoms with Crippen molar-refractivity contribution >= 4 is 32.8 Å². The van der Waals surface area contributed by atoms with Crippen LogP contribution in [0.3, 0.4) is 0 Å². The summed E-state index contributed by atoms with van der Waals surface area (Å²) < 4.78 is 2.16. The molecule has 0 atom stereocenters. The Kier molecular flexibility index (Phi) is 5.32. The zero-order chi connectivity index (χ0) is 22.5. The second-order valence-corrected chi connectivity index (χ2v) is 8.29. The molecule has 0 spiro atoms. The van der Waals surface area contributed by atoms with Gasteiger partial charge in [-0.05, 0) is 27.9 Å². The summed E-state index contributed by atoms with van der Waals surface area (Å²) >= 11 is 0. The first-order valence-corrected chi connectivity index (χ1v) is 11.2. The zero-order valence-electron chi connectivity index (χ0n) is 18.5. The number of benzene rings is 3. The van der Waals surface area contributed by atoms with E-state index in [-0.39, 0.29) is 21.1 Å². The summed E-state index contributed by atoms with van der Waals surface area (Å²) in [6.45, 7) is 0. The second-order valence-electron chi connectivity index (χ2n) is 8.29. The van der Waals surface area contributed by atoms with Gasteiger partial charge in [0.2, 0.25) is 0 Å². The van der Waals surface area contributed by atoms with Crippen LogP contribution in [0.4, 0.5) is 0 Å². The molecular formula is C30H18N4Pt. The predicted octanol–water partition coefficient (Wildman–Crippen LogP) is 6.82. The van der Waals surface area contributed by atoms with E-state index in [0.29, 0.717) is 0 Å². The van der Waals surface area contributed by atoms with Crippen molar-refractivity contribution in [1.82, 2.24) is 19.5 Å². The number of hydrogen-bond donors (Lipinski definition) is 0. The number of hydrogen-bond acceptors (Lipinski definition) is 2. The number of nitrogens with zero attached hydrogens (tertiary/aromatic N) is 4. The van der Waals surface area contributed by atoms with E-state index in [1.54, 1.807) is 6.20 Å². The summed E-state index contributed by atoms with van der Waals surface area (Å²) in [6.07, 6.45) is 1.80. The number of rotatable bonds is 3. The maximum absolute atomic E-state index is 5.14. The van der Waals surface area contributed by atoms with Crippen LogP contribution in [0.25, 0.3) is 61.2 Å². The number of pyridine rings is 2. The molecule has 4 nitrogen and oxygen atoms in total. The molecule has 0 aliphatic heterocycles. The van der Waals surface area contributed by atoms with Crippen molar-refractivity contribution in [2.24, 2.45) is 0 Å². The molecule has 0 saturated carbocycles. The van der Waals surface area contributed by atoms with E-state index in [2.05, 4.69) is 64.1 Å². The van der Waals surface area contributed by atoms with E-state index in [1.165, 1.54) is 0 Å². The van der Waals surface area contributed by atoms with Crippen LogP contribution in [0.2, 0.25) is 0 Å². The standard InChI is InChI=1S/C30H18N4.Pt/c1-3-13-26-22(8-1)19-29(32-26)34-28-14-4-2-11-23(28)24-15-16-27(33-30(24)34)21-10-7-9-20(18-21)25-12-5-6-17-31-25;/h1-17,19H;/q-2;+2. The number of para-hydroxylation sites is 2. The van der Waals surface area contributed by atoms with E-state index >= 15 is 0 Å². The first-order valence-electron chi connectivity index (χ1n) is 11.2. The molecule has 0 aliphatic carbocycles. The maximum Gasteiger partial charge on any atom is 2.00 e. The molecule has 0 radical (unpaired) electrons. The molecule has 0 amide bonds. The Morgan fingerprint density at radius 3 is 2.34 bits per heavy atom. The fourth-order valence-corrected chi connectivity index (χ4v) is 4.63. The van der Waals surface area contributed by atoms with Gasteiger partial charge in [-0.25, -0.2) is 0 Å². The van der Waals surface area contributed by atoms with Crippen LogP contribution in [-0.2, 0) is 21.1 Å². The molecular weight excluding hydrogens is 611 g/mol. The third-order valence-corrected chi connectivity index (χ3v) is 6.22. The summed E-state index contributed by atoms with van der Waals surface area (Å²) in [5.74, 6) is 0.878. The van der Waals surface area contributed by atoms with Gasteiger partial charge in [-0.2, -0.15) is 0 Å². The molecule has 4 aromatic heterocycles. The SMILES string of the molecule is [Pt+2].[c-]1c(-c2ccccn2)cccc1-c1ccc2c3ccccc3n(-c3cc4ccccc4[n-]3)c2n1. The topological polar surface area (TPSA) is 44.8 Å². The summed E-state index contributed by atoms with van der Waals surface area (Å²) in [4.78, 5) is 14.5. The van der Waals surface area contributed by atoms with Crippen LogP contribution in [0.1, 0.15) is 0 Å². The van der Waals surface area contributed by atoms with Gasteiger partial charge in [0.1, 0.15) is 0 Å². The van der Waals surface area contributed by atoms with Crippen LogP contribution < -0.4 is 4.98 Å². The molecule has 7 rings (SSSR count). The van der Waals surface area contributed by atoms with Crippen LogP contribution in [-0.4, -0.2) is 14.5 Å². The molecule has 4 heterocycles. The Bertz CT molecular complexity index is 1780. The fraction of sp³-hybridized carbons (Fsp3) is 0. The van der Waals surface area contributed by atoms with Gasteiger partial charge in [0.05, 0.1) is 5.65 Å². The van der Waals surface area contributed by atoms with Gasteiger partial charge >= 0.3 is 21.1 Å². The van der Waals surface area contributed by atoms with Crippen molar-refractivity contribution in [3.05, 3.63) is 115 Å². The first kappa shape index (κ1) is 21.5. The minimum atomic E-state index is 0. The molecule has 0 saturated heterocycles. The van der Waals surface area contributed by atoms with Crippen LogP contribution in [0, 0.1) is 6.07 Å². The van der Waals surface area contributed by atoms with Crippen molar-refractivity contribution in [2.45, 2.75) is 0 Å². The van der Waals surface area contributed by atoms with Gasteiger partial charge in [0, 0.05) is 23.0 Å². The van der Waals surface area contributed by atoms with E-state index in [4.69, 9.17) is 9.97 Å². The van der Waals surface area contributed by atoms with Gasteiger partial charge in [0.15, 0.2) is 0 Å². The molecule has 0 fully saturated rings. The minimum absolute atomic E-state index is 0. The number of fused-ring (bicyclic) bond motifs is 4. The van der Waals surface area contributed by atoms with Crippen molar-refractivity contribution in [3.8, 4) is 28.3 Å². The van der Waals surface area contributed by atoms with Crippen molar-refractivity contribution in [1.29, 1.82) is 0 Å². The van der Waals surface area contributed by atoms with Crippen LogP contribution in [0.15, 0.2) is 109 Å². The Morgan fingerprint density at radius 1 is 0.686 bits per heavy atom. The van der Waals surface area contributed by atoms with Gasteiger partial charge in [-0.15, -0.1) is 24.3 Å². The summed E-state index contributed by atoms with van der Waals surface area (Å²) in [5, 5.41) is 3.39.